The Hall–Kier alpha value is -2.28. The van der Waals surface area contributed by atoms with Crippen molar-refractivity contribution in [3.63, 3.8) is 0 Å². The number of aromatic nitrogens is 2. The van der Waals surface area contributed by atoms with Gasteiger partial charge in [0.2, 0.25) is 5.95 Å². The smallest absolute Gasteiger partial charge is 0.322 e. The Balaban J connectivity index is 1.37. The Labute approximate surface area is 205 Å². The summed E-state index contributed by atoms with van der Waals surface area (Å²) in [5.41, 5.74) is 0.900. The first-order valence-electron chi connectivity index (χ1n) is 11.1. The fraction of sp³-hybridized carbons (Fsp3) is 0.500. The van der Waals surface area contributed by atoms with Gasteiger partial charge in [0.25, 0.3) is 0 Å². The molecule has 0 spiro atoms. The van der Waals surface area contributed by atoms with Crippen LogP contribution < -0.4 is 20.9 Å². The van der Waals surface area contributed by atoms with E-state index in [1.54, 1.807) is 25.4 Å². The van der Waals surface area contributed by atoms with Gasteiger partial charge in [-0.3, -0.25) is 4.90 Å². The predicted molar refractivity (Wildman–Crippen MR) is 133 cm³/mol. The molecule has 0 bridgehead atoms. The molecular weight excluding hydrogens is 543 g/mol. The second-order valence-electron chi connectivity index (χ2n) is 8.37. The molecule has 0 unspecified atom stereocenters. The van der Waals surface area contributed by atoms with Crippen LogP contribution in [0.25, 0.3) is 0 Å². The van der Waals surface area contributed by atoms with Gasteiger partial charge in [0.1, 0.15) is 5.82 Å². The van der Waals surface area contributed by atoms with Gasteiger partial charge in [-0.2, -0.15) is 13.8 Å². The maximum absolute atomic E-state index is 14.3. The summed E-state index contributed by atoms with van der Waals surface area (Å²) in [6.07, 6.45) is 4.65. The van der Waals surface area contributed by atoms with Gasteiger partial charge in [0.05, 0.1) is 0 Å². The summed E-state index contributed by atoms with van der Waals surface area (Å²) in [5.74, 6) is 1.33. The molecule has 2 aromatic rings. The lowest BCUT2D eigenvalue weighted by atomic mass is 10.1. The highest BCUT2D eigenvalue weighted by atomic mass is 127. The van der Waals surface area contributed by atoms with Crippen LogP contribution in [0.5, 0.6) is 0 Å². The first-order valence-corrected chi connectivity index (χ1v) is 12.2. The summed E-state index contributed by atoms with van der Waals surface area (Å²) in [6, 6.07) is 6.13. The van der Waals surface area contributed by atoms with Crippen LogP contribution in [0.4, 0.5) is 31.0 Å². The molecule has 0 radical (unpaired) electrons. The maximum Gasteiger partial charge on any atom is 0.322 e. The lowest BCUT2D eigenvalue weighted by Gasteiger charge is -2.21. The van der Waals surface area contributed by atoms with Crippen molar-refractivity contribution in [1.82, 2.24) is 20.2 Å². The van der Waals surface area contributed by atoms with E-state index in [-0.39, 0.29) is 11.6 Å². The molecule has 2 aliphatic heterocycles. The highest BCUT2D eigenvalue weighted by Crippen LogP contribution is 2.39. The van der Waals surface area contributed by atoms with Gasteiger partial charge < -0.3 is 20.9 Å². The molecule has 2 amide bonds. The summed E-state index contributed by atoms with van der Waals surface area (Å²) >= 11 is 1.16. The predicted octanol–water partition coefficient (Wildman–Crippen LogP) is 4.00. The van der Waals surface area contributed by atoms with Gasteiger partial charge in [-0.15, -0.1) is 0 Å². The van der Waals surface area contributed by atoms with Crippen molar-refractivity contribution in [2.24, 2.45) is 0 Å². The second kappa shape index (κ2) is 10.3. The molecular formula is C22H28F2IN7O. The van der Waals surface area contributed by atoms with Gasteiger partial charge >= 0.3 is 9.96 Å². The molecule has 4 rings (SSSR count). The molecule has 2 saturated heterocycles. The molecule has 1 atom stereocenters. The van der Waals surface area contributed by atoms with E-state index < -0.39 is 9.96 Å². The van der Waals surface area contributed by atoms with Gasteiger partial charge in [-0.05, 0) is 56.1 Å². The lowest BCUT2D eigenvalue weighted by molar-refractivity contribution is 0.125. The minimum Gasteiger partial charge on any atom is -0.357 e. The third-order valence-corrected chi connectivity index (χ3v) is 6.56. The molecule has 178 valence electrons. The van der Waals surface area contributed by atoms with Gasteiger partial charge in [-0.25, -0.2) is 9.78 Å². The Morgan fingerprint density at radius 3 is 2.76 bits per heavy atom. The lowest BCUT2D eigenvalue weighted by Crippen LogP contribution is -2.39. The number of amides is 2. The number of nitrogens with zero attached hydrogens (tertiary/aromatic N) is 4. The Bertz CT molecular complexity index is 981. The van der Waals surface area contributed by atoms with E-state index in [9.17, 15) is 13.6 Å². The number of hydrogen-bond acceptors (Lipinski definition) is 6. The molecule has 3 heterocycles. The number of carbonyl (C=O) groups excluding carboxylic acids is 1. The largest absolute Gasteiger partial charge is 0.357 e. The molecule has 0 saturated carbocycles. The van der Waals surface area contributed by atoms with Crippen molar-refractivity contribution in [1.29, 1.82) is 0 Å². The van der Waals surface area contributed by atoms with Crippen LogP contribution in [-0.2, 0) is 10.5 Å². The van der Waals surface area contributed by atoms with E-state index in [0.29, 0.717) is 30.3 Å². The van der Waals surface area contributed by atoms with E-state index in [1.807, 2.05) is 6.07 Å². The molecule has 1 aromatic carbocycles. The number of halogens is 3. The van der Waals surface area contributed by atoms with Crippen molar-refractivity contribution in [3.8, 4) is 0 Å². The standard InChI is InChI=1S/C22H28F2IN7O/c1-26-20-27-8-6-19(30-20)32-11-7-17(14-32)29-21(33)28-16-5-4-15(13-31-9-2-3-10-31)18(12-16)22(23,24)25/h4-6,8,12,17H,2-3,7,9-11,13-14H2,1H3,(H,26,27,30)(H2,28,29,33)/t17-/m0/s1. The van der Waals surface area contributed by atoms with Gasteiger partial charge in [0, 0.05) is 72.8 Å². The summed E-state index contributed by atoms with van der Waals surface area (Å²) < 4.78 is 25.6. The van der Waals surface area contributed by atoms with Gasteiger partial charge in [0.15, 0.2) is 0 Å². The number of likely N-dealkylation sites (tertiary alicyclic amines) is 1. The Morgan fingerprint density at radius 1 is 1.24 bits per heavy atom. The quantitative estimate of drug-likeness (QED) is 0.345. The zero-order chi connectivity index (χ0) is 23.4. The first-order chi connectivity index (χ1) is 15.8. The molecule has 33 heavy (non-hydrogen) atoms. The molecule has 2 aliphatic rings. The van der Waals surface area contributed by atoms with Crippen molar-refractivity contribution in [2.45, 2.75) is 35.8 Å². The molecule has 11 heteroatoms. The van der Waals surface area contributed by atoms with Gasteiger partial charge in [-0.1, -0.05) is 6.07 Å². The molecule has 0 aliphatic carbocycles. The third kappa shape index (κ3) is 6.19. The van der Waals surface area contributed by atoms with Crippen LogP contribution >= 0.6 is 22.6 Å². The number of urea groups is 1. The fourth-order valence-electron chi connectivity index (χ4n) is 4.32. The highest BCUT2D eigenvalue weighted by Gasteiger charge is 2.31. The third-order valence-electron chi connectivity index (χ3n) is 5.98. The van der Waals surface area contributed by atoms with Crippen molar-refractivity contribution in [3.05, 3.63) is 41.6 Å². The van der Waals surface area contributed by atoms with E-state index in [2.05, 4.69) is 35.7 Å². The molecule has 3 N–H and O–H groups in total. The number of anilines is 3. The number of alkyl halides is 3. The van der Waals surface area contributed by atoms with Crippen LogP contribution in [0.1, 0.15) is 30.4 Å². The molecule has 8 nitrogen and oxygen atoms in total. The number of benzene rings is 1. The maximum atomic E-state index is 14.3. The average Bonchev–Trinajstić information content (AvgIpc) is 3.46. The Morgan fingerprint density at radius 2 is 2.03 bits per heavy atom. The number of carbonyl (C=O) groups is 1. The van der Waals surface area contributed by atoms with Crippen molar-refractivity contribution < 1.29 is 13.6 Å². The number of nitrogens with one attached hydrogen (secondary N) is 3. The minimum absolute atomic E-state index is 0.0519. The highest BCUT2D eigenvalue weighted by molar-refractivity contribution is 14.1. The van der Waals surface area contributed by atoms with Crippen molar-refractivity contribution >= 4 is 46.1 Å². The van der Waals surface area contributed by atoms with E-state index in [4.69, 9.17) is 0 Å². The van der Waals surface area contributed by atoms with E-state index >= 15 is 0 Å². The summed E-state index contributed by atoms with van der Waals surface area (Å²) in [4.78, 5) is 25.4. The monoisotopic (exact) mass is 571 g/mol. The normalized spacial score (nSPS) is 19.0. The molecule has 1 aromatic heterocycles. The van der Waals surface area contributed by atoms with E-state index in [0.717, 1.165) is 67.3 Å². The summed E-state index contributed by atoms with van der Waals surface area (Å²) in [6.45, 7) is 3.72. The average molecular weight is 571 g/mol. The van der Waals surface area contributed by atoms with Crippen LogP contribution in [0.2, 0.25) is 0 Å². The SMILES string of the molecule is CNc1nccc(N2CC[C@H](NC(=O)Nc3ccc(CN4CCCC4)c(C(F)(F)I)c3)C2)n1. The van der Waals surface area contributed by atoms with Crippen LogP contribution in [0.3, 0.4) is 0 Å². The topological polar surface area (TPSA) is 85.4 Å². The summed E-state index contributed by atoms with van der Waals surface area (Å²) in [7, 11) is 1.76. The van der Waals surface area contributed by atoms with Crippen LogP contribution in [0.15, 0.2) is 30.5 Å². The summed E-state index contributed by atoms with van der Waals surface area (Å²) in [5, 5.41) is 8.57. The number of rotatable bonds is 7. The number of hydrogen-bond donors (Lipinski definition) is 3. The van der Waals surface area contributed by atoms with Crippen LogP contribution in [0, 0.1) is 0 Å². The van der Waals surface area contributed by atoms with Crippen molar-refractivity contribution in [2.75, 3.05) is 48.8 Å². The van der Waals surface area contributed by atoms with E-state index in [1.165, 1.54) is 6.07 Å². The zero-order valence-electron chi connectivity index (χ0n) is 18.5. The second-order valence-corrected chi connectivity index (χ2v) is 9.73. The minimum atomic E-state index is -3.02. The molecule has 2 fully saturated rings. The Kier molecular flexibility index (Phi) is 7.47. The zero-order valence-corrected chi connectivity index (χ0v) is 20.6. The fourth-order valence-corrected chi connectivity index (χ4v) is 4.82. The van der Waals surface area contributed by atoms with Crippen LogP contribution in [-0.4, -0.2) is 60.2 Å². The first kappa shape index (κ1) is 23.9.